The van der Waals surface area contributed by atoms with Gasteiger partial charge in [-0.1, -0.05) is 28.8 Å². The lowest BCUT2D eigenvalue weighted by molar-refractivity contribution is -0.0588. The normalized spacial score (nSPS) is 13.5. The van der Waals surface area contributed by atoms with Crippen molar-refractivity contribution in [1.82, 2.24) is 14.8 Å². The van der Waals surface area contributed by atoms with Crippen LogP contribution in [0.15, 0.2) is 30.3 Å². The van der Waals surface area contributed by atoms with E-state index in [0.29, 0.717) is 5.06 Å². The second-order valence-electron chi connectivity index (χ2n) is 4.30. The van der Waals surface area contributed by atoms with Crippen molar-refractivity contribution >= 4 is 29.4 Å². The van der Waals surface area contributed by atoms with Crippen LogP contribution in [0.1, 0.15) is 31.2 Å². The molecule has 0 saturated heterocycles. The van der Waals surface area contributed by atoms with Crippen LogP contribution in [0, 0.1) is 0 Å². The van der Waals surface area contributed by atoms with Crippen molar-refractivity contribution in [2.24, 2.45) is 7.05 Å². The number of hydrogen-bond donors (Lipinski definition) is 0. The number of halogens is 1. The highest BCUT2D eigenvalue weighted by molar-refractivity contribution is 6.30. The molecule has 0 aliphatic carbocycles. The molecule has 8 heteroatoms. The Bertz CT molecular complexity index is 729. The van der Waals surface area contributed by atoms with Gasteiger partial charge in [0, 0.05) is 13.1 Å². The average Bonchev–Trinajstić information content (AvgIpc) is 2.93. The van der Waals surface area contributed by atoms with Gasteiger partial charge in [-0.25, -0.2) is 4.79 Å². The highest BCUT2D eigenvalue weighted by Gasteiger charge is 2.39. The van der Waals surface area contributed by atoms with Gasteiger partial charge < -0.3 is 4.84 Å². The van der Waals surface area contributed by atoms with E-state index in [1.54, 1.807) is 19.2 Å². The van der Waals surface area contributed by atoms with Gasteiger partial charge in [-0.05, 0) is 12.1 Å². The summed E-state index contributed by atoms with van der Waals surface area (Å²) in [6.07, 6.45) is 0. The predicted octanol–water partition coefficient (Wildman–Crippen LogP) is 1.44. The maximum atomic E-state index is 12.0. The summed E-state index contributed by atoms with van der Waals surface area (Å²) in [5.74, 6) is -2.32. The van der Waals surface area contributed by atoms with Gasteiger partial charge in [0.2, 0.25) is 0 Å². The molecule has 1 aliphatic rings. The number of carbonyl (C=O) groups is 3. The van der Waals surface area contributed by atoms with E-state index in [1.807, 2.05) is 0 Å². The van der Waals surface area contributed by atoms with Crippen molar-refractivity contribution in [3.8, 4) is 0 Å². The second kappa shape index (κ2) is 4.71. The van der Waals surface area contributed by atoms with Crippen LogP contribution >= 0.6 is 11.6 Å². The Hall–Kier alpha value is -2.67. The van der Waals surface area contributed by atoms with Gasteiger partial charge in [0.15, 0.2) is 5.69 Å². The van der Waals surface area contributed by atoms with Crippen molar-refractivity contribution in [1.29, 1.82) is 0 Å². The summed E-state index contributed by atoms with van der Waals surface area (Å²) in [5, 5.41) is 4.46. The van der Waals surface area contributed by atoms with Crippen molar-refractivity contribution in [2.45, 2.75) is 0 Å². The summed E-state index contributed by atoms with van der Waals surface area (Å²) in [4.78, 5) is 40.8. The molecule has 1 aromatic heterocycles. The fourth-order valence-corrected chi connectivity index (χ4v) is 2.07. The van der Waals surface area contributed by atoms with E-state index in [0.717, 1.165) is 0 Å². The number of aromatic nitrogens is 2. The van der Waals surface area contributed by atoms with E-state index in [-0.39, 0.29) is 22.0 Å². The van der Waals surface area contributed by atoms with E-state index in [9.17, 15) is 14.4 Å². The van der Waals surface area contributed by atoms with Gasteiger partial charge in [-0.15, -0.1) is 0 Å². The first-order valence-corrected chi connectivity index (χ1v) is 6.26. The zero-order chi connectivity index (χ0) is 15.1. The molecule has 0 N–H and O–H groups in total. The molecular formula is C13H8ClN3O4. The molecule has 7 nitrogen and oxygen atoms in total. The first kappa shape index (κ1) is 13.3. The number of carbonyl (C=O) groups excluding carboxylic acids is 3. The van der Waals surface area contributed by atoms with E-state index in [1.165, 1.54) is 22.9 Å². The zero-order valence-electron chi connectivity index (χ0n) is 10.7. The van der Waals surface area contributed by atoms with Gasteiger partial charge in [0.05, 0.1) is 11.1 Å². The van der Waals surface area contributed by atoms with Crippen molar-refractivity contribution in [3.05, 3.63) is 52.3 Å². The number of amides is 2. The van der Waals surface area contributed by atoms with Crippen molar-refractivity contribution in [3.63, 3.8) is 0 Å². The molecule has 0 spiro atoms. The fourth-order valence-electron chi connectivity index (χ4n) is 1.92. The van der Waals surface area contributed by atoms with Crippen LogP contribution in [0.25, 0.3) is 0 Å². The van der Waals surface area contributed by atoms with Crippen LogP contribution in [0.5, 0.6) is 0 Å². The fraction of sp³-hybridized carbons (Fsp3) is 0.0769. The summed E-state index contributed by atoms with van der Waals surface area (Å²) >= 11 is 5.77. The van der Waals surface area contributed by atoms with E-state index in [4.69, 9.17) is 16.4 Å². The lowest BCUT2D eigenvalue weighted by Crippen LogP contribution is -2.32. The average molecular weight is 306 g/mol. The van der Waals surface area contributed by atoms with Crippen LogP contribution in [0.3, 0.4) is 0 Å². The quantitative estimate of drug-likeness (QED) is 0.784. The van der Waals surface area contributed by atoms with Gasteiger partial charge in [-0.2, -0.15) is 5.10 Å². The van der Waals surface area contributed by atoms with Crippen LogP contribution < -0.4 is 0 Å². The van der Waals surface area contributed by atoms with Gasteiger partial charge in [0.1, 0.15) is 5.15 Å². The molecule has 0 saturated carbocycles. The minimum atomic E-state index is -0.938. The molecule has 0 atom stereocenters. The first-order valence-electron chi connectivity index (χ1n) is 5.88. The Kier molecular flexibility index (Phi) is 2.99. The first-order chi connectivity index (χ1) is 9.99. The van der Waals surface area contributed by atoms with Crippen LogP contribution in [0.2, 0.25) is 5.15 Å². The van der Waals surface area contributed by atoms with Gasteiger partial charge in [0.25, 0.3) is 11.8 Å². The standard InChI is InChI=1S/C13H8ClN3O4/c1-16-10(14)6-9(15-16)13(20)21-17-11(18)7-4-2-3-5-8(7)12(17)19/h2-6H,1H3. The number of hydroxylamine groups is 2. The molecule has 2 amide bonds. The molecule has 106 valence electrons. The van der Waals surface area contributed by atoms with Crippen LogP contribution in [-0.2, 0) is 11.9 Å². The zero-order valence-corrected chi connectivity index (χ0v) is 11.5. The molecule has 3 rings (SSSR count). The summed E-state index contributed by atoms with van der Waals surface area (Å²) in [6, 6.07) is 7.49. The molecule has 1 aromatic carbocycles. The Morgan fingerprint density at radius 3 is 2.24 bits per heavy atom. The number of imide groups is 1. The van der Waals surface area contributed by atoms with E-state index < -0.39 is 17.8 Å². The Labute approximate surface area is 123 Å². The largest absolute Gasteiger partial charge is 0.384 e. The Morgan fingerprint density at radius 2 is 1.76 bits per heavy atom. The maximum Gasteiger partial charge on any atom is 0.384 e. The minimum absolute atomic E-state index is 0.0981. The molecule has 0 bridgehead atoms. The lowest BCUT2D eigenvalue weighted by Gasteiger charge is -2.11. The van der Waals surface area contributed by atoms with E-state index in [2.05, 4.69) is 5.10 Å². The third-order valence-corrected chi connectivity index (χ3v) is 3.32. The molecule has 0 unspecified atom stereocenters. The third-order valence-electron chi connectivity index (χ3n) is 2.96. The smallest absolute Gasteiger partial charge is 0.322 e. The molecule has 2 heterocycles. The predicted molar refractivity (Wildman–Crippen MR) is 70.6 cm³/mol. The number of fused-ring (bicyclic) bond motifs is 1. The number of benzene rings is 1. The summed E-state index contributed by atoms with van der Waals surface area (Å²) < 4.78 is 1.26. The number of aryl methyl sites for hydroxylation is 1. The summed E-state index contributed by atoms with van der Waals surface area (Å²) in [6.45, 7) is 0. The molecular weight excluding hydrogens is 298 g/mol. The highest BCUT2D eigenvalue weighted by atomic mass is 35.5. The number of nitrogens with zero attached hydrogens (tertiary/aromatic N) is 3. The highest BCUT2D eigenvalue weighted by Crippen LogP contribution is 2.23. The van der Waals surface area contributed by atoms with Crippen LogP contribution in [-0.4, -0.2) is 32.6 Å². The third kappa shape index (κ3) is 2.07. The number of hydrogen-bond acceptors (Lipinski definition) is 5. The number of rotatable bonds is 2. The summed E-state index contributed by atoms with van der Waals surface area (Å²) in [7, 11) is 1.54. The van der Waals surface area contributed by atoms with Crippen molar-refractivity contribution < 1.29 is 19.2 Å². The van der Waals surface area contributed by atoms with Gasteiger partial charge >= 0.3 is 5.97 Å². The molecule has 2 aromatic rings. The van der Waals surface area contributed by atoms with E-state index >= 15 is 0 Å². The molecule has 0 fully saturated rings. The van der Waals surface area contributed by atoms with Crippen LogP contribution in [0.4, 0.5) is 0 Å². The Balaban J connectivity index is 1.85. The van der Waals surface area contributed by atoms with Crippen molar-refractivity contribution in [2.75, 3.05) is 0 Å². The van der Waals surface area contributed by atoms with Gasteiger partial charge in [-0.3, -0.25) is 14.3 Å². The minimum Gasteiger partial charge on any atom is -0.322 e. The SMILES string of the molecule is Cn1nc(C(=O)ON2C(=O)c3ccccc3C2=O)cc1Cl. The lowest BCUT2D eigenvalue weighted by atomic mass is 10.1. The second-order valence-corrected chi connectivity index (χ2v) is 4.69. The topological polar surface area (TPSA) is 81.5 Å². The summed E-state index contributed by atoms with van der Waals surface area (Å²) in [5.41, 5.74) is 0.280. The maximum absolute atomic E-state index is 12.0. The molecule has 1 aliphatic heterocycles. The molecule has 21 heavy (non-hydrogen) atoms. The Morgan fingerprint density at radius 1 is 1.19 bits per heavy atom. The monoisotopic (exact) mass is 305 g/mol. The molecule has 0 radical (unpaired) electrons.